The van der Waals surface area contributed by atoms with Crippen LogP contribution in [0.15, 0.2) is 52.9 Å². The standard InChI is InChI=1S/C20H20N2O3/c1-3-4-13-24-20(23)17-11-9-16(10-12-17)19-22-21-18(25-19)15-7-5-14(2)6-8-15/h5-12H,3-4,13H2,1-2H3. The predicted molar refractivity (Wildman–Crippen MR) is 95.1 cm³/mol. The van der Waals surface area contributed by atoms with E-state index in [0.717, 1.165) is 24.0 Å². The molecule has 1 aromatic heterocycles. The van der Waals surface area contributed by atoms with Crippen LogP contribution in [0.5, 0.6) is 0 Å². The predicted octanol–water partition coefficient (Wildman–Crippen LogP) is 4.67. The molecule has 128 valence electrons. The van der Waals surface area contributed by atoms with Crippen molar-refractivity contribution in [2.45, 2.75) is 26.7 Å². The summed E-state index contributed by atoms with van der Waals surface area (Å²) in [6, 6.07) is 14.9. The number of hydrogen-bond acceptors (Lipinski definition) is 5. The molecule has 1 heterocycles. The number of hydrogen-bond donors (Lipinski definition) is 0. The number of esters is 1. The number of aromatic nitrogens is 2. The van der Waals surface area contributed by atoms with Crippen molar-refractivity contribution in [2.75, 3.05) is 6.61 Å². The maximum atomic E-state index is 11.9. The molecule has 0 aliphatic rings. The largest absolute Gasteiger partial charge is 0.462 e. The van der Waals surface area contributed by atoms with Gasteiger partial charge in [-0.05, 0) is 49.7 Å². The molecule has 0 bridgehead atoms. The number of carbonyl (C=O) groups is 1. The molecule has 0 unspecified atom stereocenters. The number of carbonyl (C=O) groups excluding carboxylic acids is 1. The first-order chi connectivity index (χ1) is 12.2. The summed E-state index contributed by atoms with van der Waals surface area (Å²) in [6.45, 7) is 4.52. The zero-order valence-corrected chi connectivity index (χ0v) is 14.4. The van der Waals surface area contributed by atoms with Gasteiger partial charge in [0.05, 0.1) is 12.2 Å². The number of unbranched alkanes of at least 4 members (excludes halogenated alkanes) is 1. The maximum absolute atomic E-state index is 11.9. The van der Waals surface area contributed by atoms with Gasteiger partial charge in [0, 0.05) is 11.1 Å². The fourth-order valence-electron chi connectivity index (χ4n) is 2.29. The van der Waals surface area contributed by atoms with Gasteiger partial charge >= 0.3 is 5.97 Å². The lowest BCUT2D eigenvalue weighted by Gasteiger charge is -2.04. The Morgan fingerprint density at radius 3 is 2.08 bits per heavy atom. The van der Waals surface area contributed by atoms with Crippen LogP contribution in [0.1, 0.15) is 35.7 Å². The third kappa shape index (κ3) is 4.12. The molecular formula is C20H20N2O3. The van der Waals surface area contributed by atoms with E-state index in [1.54, 1.807) is 24.3 Å². The van der Waals surface area contributed by atoms with E-state index in [0.29, 0.717) is 24.0 Å². The number of ether oxygens (including phenoxy) is 1. The molecule has 0 aliphatic carbocycles. The van der Waals surface area contributed by atoms with E-state index in [9.17, 15) is 4.79 Å². The molecule has 0 fully saturated rings. The molecule has 0 saturated heterocycles. The molecule has 0 radical (unpaired) electrons. The van der Waals surface area contributed by atoms with Crippen molar-refractivity contribution in [2.24, 2.45) is 0 Å². The van der Waals surface area contributed by atoms with E-state index >= 15 is 0 Å². The average molecular weight is 336 g/mol. The van der Waals surface area contributed by atoms with Crippen LogP contribution in [0, 0.1) is 6.92 Å². The Kier molecular flexibility index (Phi) is 5.23. The number of nitrogens with zero attached hydrogens (tertiary/aromatic N) is 2. The van der Waals surface area contributed by atoms with Gasteiger partial charge in [0.2, 0.25) is 11.8 Å². The molecule has 0 aliphatic heterocycles. The van der Waals surface area contributed by atoms with E-state index < -0.39 is 0 Å². The summed E-state index contributed by atoms with van der Waals surface area (Å²) >= 11 is 0. The molecule has 3 aromatic rings. The van der Waals surface area contributed by atoms with Gasteiger partial charge in [0.25, 0.3) is 0 Å². The quantitative estimate of drug-likeness (QED) is 0.483. The van der Waals surface area contributed by atoms with Gasteiger partial charge in [0.15, 0.2) is 0 Å². The zero-order valence-electron chi connectivity index (χ0n) is 14.4. The van der Waals surface area contributed by atoms with Crippen LogP contribution in [-0.4, -0.2) is 22.8 Å². The van der Waals surface area contributed by atoms with Gasteiger partial charge in [-0.25, -0.2) is 4.79 Å². The van der Waals surface area contributed by atoms with Crippen molar-refractivity contribution < 1.29 is 13.9 Å². The molecule has 0 spiro atoms. The minimum Gasteiger partial charge on any atom is -0.462 e. The van der Waals surface area contributed by atoms with E-state index in [2.05, 4.69) is 17.1 Å². The minimum atomic E-state index is -0.314. The van der Waals surface area contributed by atoms with E-state index in [1.807, 2.05) is 31.2 Å². The second-order valence-corrected chi connectivity index (χ2v) is 5.85. The monoisotopic (exact) mass is 336 g/mol. The fourth-order valence-corrected chi connectivity index (χ4v) is 2.29. The Labute approximate surface area is 146 Å². The van der Waals surface area contributed by atoms with Crippen LogP contribution in [0.25, 0.3) is 22.9 Å². The third-order valence-corrected chi connectivity index (χ3v) is 3.82. The van der Waals surface area contributed by atoms with Crippen molar-refractivity contribution in [3.05, 3.63) is 59.7 Å². The smallest absolute Gasteiger partial charge is 0.338 e. The Morgan fingerprint density at radius 1 is 0.960 bits per heavy atom. The molecule has 2 aromatic carbocycles. The van der Waals surface area contributed by atoms with Crippen LogP contribution in [-0.2, 0) is 4.74 Å². The first-order valence-electron chi connectivity index (χ1n) is 8.35. The lowest BCUT2D eigenvalue weighted by molar-refractivity contribution is 0.0500. The number of benzene rings is 2. The molecule has 0 saturated carbocycles. The topological polar surface area (TPSA) is 65.2 Å². The number of aryl methyl sites for hydroxylation is 1. The van der Waals surface area contributed by atoms with Gasteiger partial charge in [-0.15, -0.1) is 10.2 Å². The molecule has 25 heavy (non-hydrogen) atoms. The lowest BCUT2D eigenvalue weighted by Crippen LogP contribution is -2.06. The Hall–Kier alpha value is -2.95. The summed E-state index contributed by atoms with van der Waals surface area (Å²) in [5.74, 6) is 0.574. The van der Waals surface area contributed by atoms with Crippen LogP contribution in [0.3, 0.4) is 0 Å². The highest BCUT2D eigenvalue weighted by Crippen LogP contribution is 2.24. The number of rotatable bonds is 6. The average Bonchev–Trinajstić information content (AvgIpc) is 3.13. The lowest BCUT2D eigenvalue weighted by atomic mass is 10.1. The summed E-state index contributed by atoms with van der Waals surface area (Å²) in [7, 11) is 0. The van der Waals surface area contributed by atoms with Crippen molar-refractivity contribution in [3.8, 4) is 22.9 Å². The van der Waals surface area contributed by atoms with Crippen LogP contribution < -0.4 is 0 Å². The molecule has 0 amide bonds. The van der Waals surface area contributed by atoms with E-state index in [4.69, 9.17) is 9.15 Å². The van der Waals surface area contributed by atoms with Crippen LogP contribution in [0.2, 0.25) is 0 Å². The molecule has 5 heteroatoms. The SMILES string of the molecule is CCCCOC(=O)c1ccc(-c2nnc(-c3ccc(C)cc3)o2)cc1. The molecule has 0 atom stereocenters. The maximum Gasteiger partial charge on any atom is 0.338 e. The Morgan fingerprint density at radius 2 is 1.52 bits per heavy atom. The summed E-state index contributed by atoms with van der Waals surface area (Å²) in [4.78, 5) is 11.9. The van der Waals surface area contributed by atoms with Crippen molar-refractivity contribution in [1.82, 2.24) is 10.2 Å². The van der Waals surface area contributed by atoms with E-state index in [1.165, 1.54) is 5.56 Å². The van der Waals surface area contributed by atoms with Crippen molar-refractivity contribution >= 4 is 5.97 Å². The van der Waals surface area contributed by atoms with E-state index in [-0.39, 0.29) is 5.97 Å². The van der Waals surface area contributed by atoms with Gasteiger partial charge in [0.1, 0.15) is 0 Å². The fraction of sp³-hybridized carbons (Fsp3) is 0.250. The summed E-state index contributed by atoms with van der Waals surface area (Å²) < 4.78 is 10.9. The van der Waals surface area contributed by atoms with Crippen LogP contribution in [0.4, 0.5) is 0 Å². The van der Waals surface area contributed by atoms with Crippen molar-refractivity contribution in [3.63, 3.8) is 0 Å². The molecular weight excluding hydrogens is 316 g/mol. The molecule has 0 N–H and O–H groups in total. The van der Waals surface area contributed by atoms with Gasteiger partial charge in [-0.2, -0.15) is 0 Å². The van der Waals surface area contributed by atoms with Crippen molar-refractivity contribution in [1.29, 1.82) is 0 Å². The molecule has 3 rings (SSSR count). The van der Waals surface area contributed by atoms with Gasteiger partial charge in [-0.3, -0.25) is 0 Å². The zero-order chi connectivity index (χ0) is 17.6. The highest BCUT2D eigenvalue weighted by Gasteiger charge is 2.12. The highest BCUT2D eigenvalue weighted by atomic mass is 16.5. The summed E-state index contributed by atoms with van der Waals surface area (Å²) in [5, 5.41) is 8.18. The summed E-state index contributed by atoms with van der Waals surface area (Å²) in [5.41, 5.74) is 3.32. The van der Waals surface area contributed by atoms with Gasteiger partial charge < -0.3 is 9.15 Å². The first kappa shape index (κ1) is 16.9. The summed E-state index contributed by atoms with van der Waals surface area (Å²) in [6.07, 6.45) is 1.86. The Balaban J connectivity index is 1.72. The van der Waals surface area contributed by atoms with Crippen LogP contribution >= 0.6 is 0 Å². The minimum absolute atomic E-state index is 0.314. The van der Waals surface area contributed by atoms with Gasteiger partial charge in [-0.1, -0.05) is 31.0 Å². The highest BCUT2D eigenvalue weighted by molar-refractivity contribution is 5.89. The second-order valence-electron chi connectivity index (χ2n) is 5.85. The normalized spacial score (nSPS) is 10.6. The second kappa shape index (κ2) is 7.75. The Bertz CT molecular complexity index is 836. The first-order valence-corrected chi connectivity index (χ1v) is 8.35. The third-order valence-electron chi connectivity index (χ3n) is 3.82. The molecule has 5 nitrogen and oxygen atoms in total.